The smallest absolute Gasteiger partial charge is 0.327 e. The lowest BCUT2D eigenvalue weighted by atomic mass is 9.81. The van der Waals surface area contributed by atoms with Crippen LogP contribution in [0.4, 0.5) is 0 Å². The molecule has 0 aliphatic rings. The number of hydrogen-bond donors (Lipinski definition) is 1. The second-order valence-corrected chi connectivity index (χ2v) is 4.24. The van der Waals surface area contributed by atoms with E-state index in [4.69, 9.17) is 0 Å². The van der Waals surface area contributed by atoms with Crippen molar-refractivity contribution in [1.82, 2.24) is 0 Å². The minimum atomic E-state index is 0.842. The van der Waals surface area contributed by atoms with Crippen LogP contribution in [0.15, 0.2) is 66.7 Å². The molecule has 0 bridgehead atoms. The highest BCUT2D eigenvalue weighted by molar-refractivity contribution is 6.48. The molecule has 0 unspecified atom stereocenters. The van der Waals surface area contributed by atoms with Gasteiger partial charge in [0, 0.05) is 0 Å². The number of benzene rings is 3. The molecule has 0 saturated carbocycles. The summed E-state index contributed by atoms with van der Waals surface area (Å²) in [6.07, 6.45) is 0. The molecule has 3 aromatic rings. The Morgan fingerprint density at radius 1 is 0.667 bits per heavy atom. The Kier molecular flexibility index (Phi) is 2.87. The molecule has 0 heterocycles. The van der Waals surface area contributed by atoms with Crippen molar-refractivity contribution in [2.45, 2.75) is 0 Å². The van der Waals surface area contributed by atoms with Crippen LogP contribution in [0.3, 0.4) is 0 Å². The predicted octanol–water partition coefficient (Wildman–Crippen LogP) is 2.74. The first-order valence-corrected chi connectivity index (χ1v) is 5.95. The van der Waals surface area contributed by atoms with Gasteiger partial charge in [-0.3, -0.25) is 0 Å². The monoisotopic (exact) mass is 231 g/mol. The Morgan fingerprint density at radius 2 is 1.33 bits per heavy atom. The van der Waals surface area contributed by atoms with E-state index in [9.17, 15) is 5.02 Å². The van der Waals surface area contributed by atoms with Crippen LogP contribution >= 0.6 is 0 Å². The number of fused-ring (bicyclic) bond motifs is 1. The third-order valence-electron chi connectivity index (χ3n) is 3.18. The lowest BCUT2D eigenvalue weighted by Crippen LogP contribution is -2.15. The summed E-state index contributed by atoms with van der Waals surface area (Å²) in [5.74, 6) is 0. The van der Waals surface area contributed by atoms with Gasteiger partial charge in [0.05, 0.1) is 0 Å². The van der Waals surface area contributed by atoms with E-state index in [0.717, 1.165) is 24.1 Å². The summed E-state index contributed by atoms with van der Waals surface area (Å²) in [6.45, 7) is 0. The summed E-state index contributed by atoms with van der Waals surface area (Å²) in [5.41, 5.74) is 3.04. The first-order valence-electron chi connectivity index (χ1n) is 5.95. The Balaban J connectivity index is 2.32. The molecule has 1 nitrogen and oxygen atoms in total. The largest absolute Gasteiger partial charge is 0.450 e. The van der Waals surface area contributed by atoms with Crippen molar-refractivity contribution in [3.8, 4) is 11.1 Å². The van der Waals surface area contributed by atoms with Gasteiger partial charge in [0.25, 0.3) is 0 Å². The summed E-state index contributed by atoms with van der Waals surface area (Å²) in [6, 6.07) is 22.4. The van der Waals surface area contributed by atoms with Crippen LogP contribution in [0.1, 0.15) is 0 Å². The fourth-order valence-corrected chi connectivity index (χ4v) is 2.32. The fraction of sp³-hybridized carbons (Fsp3) is 0. The van der Waals surface area contributed by atoms with Crippen molar-refractivity contribution in [1.29, 1.82) is 0 Å². The Hall–Kier alpha value is -2.06. The molecular formula is C16H12BO. The van der Waals surface area contributed by atoms with Crippen LogP contribution in [0, 0.1) is 0 Å². The molecular weight excluding hydrogens is 219 g/mol. The predicted molar refractivity (Wildman–Crippen MR) is 77.0 cm³/mol. The average molecular weight is 231 g/mol. The maximum Gasteiger partial charge on any atom is 0.327 e. The van der Waals surface area contributed by atoms with Gasteiger partial charge in [-0.05, 0) is 27.4 Å². The van der Waals surface area contributed by atoms with Crippen molar-refractivity contribution in [2.75, 3.05) is 0 Å². The van der Waals surface area contributed by atoms with Gasteiger partial charge in [-0.2, -0.15) is 0 Å². The van der Waals surface area contributed by atoms with E-state index in [0.29, 0.717) is 0 Å². The molecule has 0 fully saturated rings. The molecule has 3 rings (SSSR count). The summed E-state index contributed by atoms with van der Waals surface area (Å²) >= 11 is 0. The van der Waals surface area contributed by atoms with E-state index in [-0.39, 0.29) is 0 Å². The van der Waals surface area contributed by atoms with Gasteiger partial charge in [0.15, 0.2) is 0 Å². The average Bonchev–Trinajstić information content (AvgIpc) is 2.46. The molecule has 1 N–H and O–H groups in total. The quantitative estimate of drug-likeness (QED) is 0.672. The van der Waals surface area contributed by atoms with Crippen molar-refractivity contribution in [2.24, 2.45) is 0 Å². The van der Waals surface area contributed by atoms with E-state index < -0.39 is 0 Å². The minimum Gasteiger partial charge on any atom is -0.450 e. The summed E-state index contributed by atoms with van der Waals surface area (Å²) < 4.78 is 0. The van der Waals surface area contributed by atoms with Gasteiger partial charge >= 0.3 is 7.48 Å². The third kappa shape index (κ3) is 1.81. The molecule has 1 radical (unpaired) electrons. The highest BCUT2D eigenvalue weighted by atomic mass is 16.2. The van der Waals surface area contributed by atoms with E-state index >= 15 is 0 Å². The summed E-state index contributed by atoms with van der Waals surface area (Å²) in [4.78, 5) is 0. The van der Waals surface area contributed by atoms with Crippen LogP contribution in [-0.4, -0.2) is 12.5 Å². The highest BCUT2D eigenvalue weighted by Gasteiger charge is 2.07. The summed E-state index contributed by atoms with van der Waals surface area (Å²) in [5, 5.41) is 11.7. The van der Waals surface area contributed by atoms with E-state index in [1.54, 1.807) is 0 Å². The second-order valence-electron chi connectivity index (χ2n) is 4.24. The van der Waals surface area contributed by atoms with Crippen molar-refractivity contribution in [3.05, 3.63) is 66.7 Å². The van der Waals surface area contributed by atoms with Crippen LogP contribution in [0.25, 0.3) is 21.9 Å². The van der Waals surface area contributed by atoms with Gasteiger partial charge in [-0.15, -0.1) is 0 Å². The van der Waals surface area contributed by atoms with Crippen LogP contribution in [0.5, 0.6) is 0 Å². The van der Waals surface area contributed by atoms with Gasteiger partial charge < -0.3 is 5.02 Å². The maximum atomic E-state index is 9.33. The van der Waals surface area contributed by atoms with Crippen molar-refractivity contribution < 1.29 is 5.02 Å². The molecule has 0 aliphatic heterocycles. The molecule has 0 saturated heterocycles. The molecule has 18 heavy (non-hydrogen) atoms. The molecule has 0 spiro atoms. The molecule has 3 aromatic carbocycles. The first-order chi connectivity index (χ1) is 8.90. The van der Waals surface area contributed by atoms with Gasteiger partial charge in [0.1, 0.15) is 0 Å². The normalized spacial score (nSPS) is 10.5. The lowest BCUT2D eigenvalue weighted by molar-refractivity contribution is 0.615. The SMILES string of the molecule is O[B]c1ccccc1-c1cccc2ccccc12. The second kappa shape index (κ2) is 4.67. The van der Waals surface area contributed by atoms with Crippen LogP contribution < -0.4 is 5.46 Å². The maximum absolute atomic E-state index is 9.33. The fourth-order valence-electron chi connectivity index (χ4n) is 2.32. The topological polar surface area (TPSA) is 20.2 Å². The number of rotatable bonds is 2. The Bertz CT molecular complexity index is 686. The number of hydrogen-bond acceptors (Lipinski definition) is 1. The van der Waals surface area contributed by atoms with Crippen molar-refractivity contribution >= 4 is 23.7 Å². The molecule has 2 heteroatoms. The first kappa shape index (κ1) is 11.1. The van der Waals surface area contributed by atoms with Crippen LogP contribution in [-0.2, 0) is 0 Å². The zero-order valence-corrected chi connectivity index (χ0v) is 9.88. The molecule has 85 valence electrons. The zero-order chi connectivity index (χ0) is 12.4. The summed E-state index contributed by atoms with van der Waals surface area (Å²) in [7, 11) is 1.16. The van der Waals surface area contributed by atoms with Crippen LogP contribution in [0.2, 0.25) is 0 Å². The molecule has 0 aromatic heterocycles. The van der Waals surface area contributed by atoms with Gasteiger partial charge in [-0.25, -0.2) is 0 Å². The third-order valence-corrected chi connectivity index (χ3v) is 3.18. The Labute approximate surface area is 107 Å². The van der Waals surface area contributed by atoms with Gasteiger partial charge in [0.2, 0.25) is 0 Å². The van der Waals surface area contributed by atoms with E-state index in [1.807, 2.05) is 42.5 Å². The Morgan fingerprint density at radius 3 is 2.22 bits per heavy atom. The minimum absolute atomic E-state index is 0.842. The highest BCUT2D eigenvalue weighted by Crippen LogP contribution is 2.27. The van der Waals surface area contributed by atoms with E-state index in [1.165, 1.54) is 10.8 Å². The van der Waals surface area contributed by atoms with E-state index in [2.05, 4.69) is 24.3 Å². The molecule has 0 amide bonds. The lowest BCUT2D eigenvalue weighted by Gasteiger charge is -2.10. The molecule has 0 atom stereocenters. The van der Waals surface area contributed by atoms with Crippen molar-refractivity contribution in [3.63, 3.8) is 0 Å². The standard InChI is InChI=1S/C16H12BO/c18-17-16-11-4-3-9-15(16)14-10-5-7-12-6-1-2-8-13(12)14/h1-11,18H. The molecule has 0 aliphatic carbocycles. The zero-order valence-electron chi connectivity index (χ0n) is 9.88. The van der Waals surface area contributed by atoms with Gasteiger partial charge in [-0.1, -0.05) is 66.7 Å².